The average molecular weight is 228 g/mol. The van der Waals surface area contributed by atoms with Gasteiger partial charge in [-0.3, -0.25) is 0 Å². The maximum absolute atomic E-state index is 10.0. The van der Waals surface area contributed by atoms with Crippen molar-refractivity contribution in [2.75, 3.05) is 0 Å². The minimum Gasteiger partial charge on any atom is -0.508 e. The molecular weight excluding hydrogens is 212 g/mol. The lowest BCUT2D eigenvalue weighted by molar-refractivity contribution is 0.458. The first kappa shape index (κ1) is 11.5. The second-order valence-electron chi connectivity index (χ2n) is 4.54. The monoisotopic (exact) mass is 228 g/mol. The Morgan fingerprint density at radius 3 is 1.94 bits per heavy atom. The molecule has 17 heavy (non-hydrogen) atoms. The molecule has 2 N–H and O–H groups in total. The molecule has 2 aromatic rings. The van der Waals surface area contributed by atoms with Crippen molar-refractivity contribution in [3.8, 4) is 22.6 Å². The Morgan fingerprint density at radius 1 is 0.765 bits per heavy atom. The topological polar surface area (TPSA) is 40.5 Å². The van der Waals surface area contributed by atoms with Crippen molar-refractivity contribution in [3.05, 3.63) is 47.0 Å². The fourth-order valence-electron chi connectivity index (χ4n) is 2.11. The third-order valence-electron chi connectivity index (χ3n) is 2.82. The number of phenolic OH excluding ortho intramolecular Hbond substituents is 2. The molecule has 0 fully saturated rings. The minimum absolute atomic E-state index is 0.175. The van der Waals surface area contributed by atoms with Crippen LogP contribution in [0, 0.1) is 20.8 Å². The second-order valence-corrected chi connectivity index (χ2v) is 4.54. The van der Waals surface area contributed by atoms with Gasteiger partial charge >= 0.3 is 0 Å². The summed E-state index contributed by atoms with van der Waals surface area (Å²) in [7, 11) is 0. The highest BCUT2D eigenvalue weighted by atomic mass is 16.3. The van der Waals surface area contributed by atoms with Crippen molar-refractivity contribution in [1.29, 1.82) is 0 Å². The van der Waals surface area contributed by atoms with Gasteiger partial charge in [0.2, 0.25) is 0 Å². The van der Waals surface area contributed by atoms with Gasteiger partial charge in [0.05, 0.1) is 0 Å². The van der Waals surface area contributed by atoms with E-state index in [4.69, 9.17) is 0 Å². The van der Waals surface area contributed by atoms with Crippen LogP contribution in [0.4, 0.5) is 0 Å². The zero-order valence-corrected chi connectivity index (χ0v) is 10.3. The Kier molecular flexibility index (Phi) is 2.80. The van der Waals surface area contributed by atoms with E-state index in [0.29, 0.717) is 11.1 Å². The van der Waals surface area contributed by atoms with E-state index in [9.17, 15) is 10.2 Å². The third-order valence-corrected chi connectivity index (χ3v) is 2.82. The molecule has 0 amide bonds. The zero-order valence-electron chi connectivity index (χ0n) is 10.3. The van der Waals surface area contributed by atoms with E-state index in [-0.39, 0.29) is 11.5 Å². The fraction of sp³-hybridized carbons (Fsp3) is 0.200. The maximum Gasteiger partial charge on any atom is 0.126 e. The Hall–Kier alpha value is -1.96. The molecule has 2 rings (SSSR count). The molecule has 0 aromatic heterocycles. The van der Waals surface area contributed by atoms with E-state index < -0.39 is 0 Å². The van der Waals surface area contributed by atoms with Gasteiger partial charge in [0.25, 0.3) is 0 Å². The standard InChI is InChI=1S/C15H16O2/c1-9-4-10(2)6-12(5-9)14-8-13(16)7-11(3)15(14)17/h4-8,16-17H,1-3H3. The van der Waals surface area contributed by atoms with Gasteiger partial charge in [0, 0.05) is 5.56 Å². The minimum atomic E-state index is 0.175. The van der Waals surface area contributed by atoms with E-state index in [0.717, 1.165) is 16.7 Å². The number of hydrogen-bond acceptors (Lipinski definition) is 2. The summed E-state index contributed by atoms with van der Waals surface area (Å²) in [5, 5.41) is 19.7. The Bertz CT molecular complexity index is 551. The first-order valence-corrected chi connectivity index (χ1v) is 5.58. The van der Waals surface area contributed by atoms with Crippen molar-refractivity contribution in [1.82, 2.24) is 0 Å². The smallest absolute Gasteiger partial charge is 0.126 e. The van der Waals surface area contributed by atoms with Crippen LogP contribution in [0.25, 0.3) is 11.1 Å². The third kappa shape index (κ3) is 2.26. The zero-order chi connectivity index (χ0) is 12.6. The summed E-state index contributed by atoms with van der Waals surface area (Å²) >= 11 is 0. The van der Waals surface area contributed by atoms with Crippen molar-refractivity contribution >= 4 is 0 Å². The first-order chi connectivity index (χ1) is 7.97. The molecule has 0 bridgehead atoms. The summed E-state index contributed by atoms with van der Waals surface area (Å²) in [5.41, 5.74) is 4.56. The van der Waals surface area contributed by atoms with Gasteiger partial charge in [0.1, 0.15) is 11.5 Å². The molecule has 88 valence electrons. The molecule has 0 heterocycles. The van der Waals surface area contributed by atoms with Crippen molar-refractivity contribution in [2.24, 2.45) is 0 Å². The van der Waals surface area contributed by atoms with Crippen molar-refractivity contribution < 1.29 is 10.2 Å². The number of aryl methyl sites for hydroxylation is 3. The van der Waals surface area contributed by atoms with Crippen LogP contribution in [-0.4, -0.2) is 10.2 Å². The van der Waals surface area contributed by atoms with E-state index in [1.807, 2.05) is 26.0 Å². The normalized spacial score (nSPS) is 10.5. The highest BCUT2D eigenvalue weighted by molar-refractivity contribution is 5.74. The summed E-state index contributed by atoms with van der Waals surface area (Å²) in [6.07, 6.45) is 0. The first-order valence-electron chi connectivity index (χ1n) is 5.58. The van der Waals surface area contributed by atoms with E-state index >= 15 is 0 Å². The predicted molar refractivity (Wildman–Crippen MR) is 69.4 cm³/mol. The van der Waals surface area contributed by atoms with E-state index in [1.54, 1.807) is 19.1 Å². The number of benzene rings is 2. The number of rotatable bonds is 1. The lowest BCUT2D eigenvalue weighted by Crippen LogP contribution is -1.86. The molecule has 0 saturated carbocycles. The molecule has 0 spiro atoms. The second kappa shape index (κ2) is 4.13. The molecule has 2 heteroatoms. The van der Waals surface area contributed by atoms with Crippen LogP contribution in [0.3, 0.4) is 0 Å². The molecular formula is C15H16O2. The van der Waals surface area contributed by atoms with Crippen molar-refractivity contribution in [3.63, 3.8) is 0 Å². The van der Waals surface area contributed by atoms with Crippen LogP contribution in [0.1, 0.15) is 16.7 Å². The molecule has 0 aliphatic carbocycles. The highest BCUT2D eigenvalue weighted by Gasteiger charge is 2.09. The summed E-state index contributed by atoms with van der Waals surface area (Å²) in [5.74, 6) is 0.405. The number of phenols is 2. The number of hydrogen-bond donors (Lipinski definition) is 2. The SMILES string of the molecule is Cc1cc(C)cc(-c2cc(O)cc(C)c2O)c1. The largest absolute Gasteiger partial charge is 0.508 e. The molecule has 0 atom stereocenters. The lowest BCUT2D eigenvalue weighted by Gasteiger charge is -2.10. The van der Waals surface area contributed by atoms with Gasteiger partial charge in [-0.25, -0.2) is 0 Å². The fourth-order valence-corrected chi connectivity index (χ4v) is 2.11. The van der Waals surface area contributed by atoms with Crippen LogP contribution in [-0.2, 0) is 0 Å². The maximum atomic E-state index is 10.0. The van der Waals surface area contributed by atoms with E-state index in [2.05, 4.69) is 6.07 Å². The Balaban J connectivity index is 2.67. The van der Waals surface area contributed by atoms with Gasteiger partial charge in [-0.2, -0.15) is 0 Å². The molecule has 0 unspecified atom stereocenters. The van der Waals surface area contributed by atoms with Crippen LogP contribution in [0.5, 0.6) is 11.5 Å². The van der Waals surface area contributed by atoms with Crippen LogP contribution in [0.15, 0.2) is 30.3 Å². The molecule has 2 nitrogen and oxygen atoms in total. The molecule has 0 aliphatic heterocycles. The van der Waals surface area contributed by atoms with Crippen LogP contribution < -0.4 is 0 Å². The Labute approximate surface area is 101 Å². The van der Waals surface area contributed by atoms with E-state index in [1.165, 1.54) is 0 Å². The van der Waals surface area contributed by atoms with Crippen molar-refractivity contribution in [2.45, 2.75) is 20.8 Å². The molecule has 0 saturated heterocycles. The van der Waals surface area contributed by atoms with Gasteiger partial charge < -0.3 is 10.2 Å². The van der Waals surface area contributed by atoms with Gasteiger partial charge in [-0.1, -0.05) is 29.3 Å². The quantitative estimate of drug-likeness (QED) is 0.731. The summed E-state index contributed by atoms with van der Waals surface area (Å²) < 4.78 is 0. The van der Waals surface area contributed by atoms with Gasteiger partial charge in [0.15, 0.2) is 0 Å². The summed E-state index contributed by atoms with van der Waals surface area (Å²) in [6.45, 7) is 5.81. The Morgan fingerprint density at radius 2 is 1.35 bits per heavy atom. The van der Waals surface area contributed by atoms with Crippen LogP contribution >= 0.6 is 0 Å². The predicted octanol–water partition coefficient (Wildman–Crippen LogP) is 3.69. The summed E-state index contributed by atoms with van der Waals surface area (Å²) in [6, 6.07) is 9.23. The van der Waals surface area contributed by atoms with Gasteiger partial charge in [-0.15, -0.1) is 0 Å². The van der Waals surface area contributed by atoms with Crippen LogP contribution in [0.2, 0.25) is 0 Å². The average Bonchev–Trinajstić information content (AvgIpc) is 2.22. The highest BCUT2D eigenvalue weighted by Crippen LogP contribution is 2.36. The lowest BCUT2D eigenvalue weighted by atomic mass is 9.98. The number of aromatic hydroxyl groups is 2. The molecule has 0 radical (unpaired) electrons. The summed E-state index contributed by atoms with van der Waals surface area (Å²) in [4.78, 5) is 0. The molecule has 0 aliphatic rings. The van der Waals surface area contributed by atoms with Gasteiger partial charge in [-0.05, 0) is 44.0 Å². The molecule has 2 aromatic carbocycles.